The summed E-state index contributed by atoms with van der Waals surface area (Å²) in [6, 6.07) is 0. The van der Waals surface area contributed by atoms with Crippen LogP contribution in [0.25, 0.3) is 0 Å². The van der Waals surface area contributed by atoms with Crippen LogP contribution in [0.3, 0.4) is 0 Å². The zero-order valence-electron chi connectivity index (χ0n) is 21.9. The standard InChI is InChI=1S/C30H52O/c1-8-31-28(5)18-19-29(6)23(20-28)12-13-24-26-15-14-25(22(4)11-9-10-21(2)3)30(26,7)17-16-27(24)29/h12,21-22,24-27H,8-11,13-20H2,1-7H3/t22-,24-,25+,26-,27-,28-,29-,30+/m0/s1. The quantitative estimate of drug-likeness (QED) is 0.368. The number of allylic oxidation sites excluding steroid dienone is 1. The van der Waals surface area contributed by atoms with Gasteiger partial charge < -0.3 is 4.74 Å². The second kappa shape index (κ2) is 8.81. The summed E-state index contributed by atoms with van der Waals surface area (Å²) in [6.45, 7) is 18.1. The van der Waals surface area contributed by atoms with Crippen molar-refractivity contribution in [3.63, 3.8) is 0 Å². The molecule has 3 saturated carbocycles. The normalized spacial score (nSPS) is 45.6. The Hall–Kier alpha value is -0.300. The first-order chi connectivity index (χ1) is 14.6. The van der Waals surface area contributed by atoms with Crippen LogP contribution in [0.4, 0.5) is 0 Å². The molecule has 3 fully saturated rings. The lowest BCUT2D eigenvalue weighted by molar-refractivity contribution is -0.0904. The van der Waals surface area contributed by atoms with Crippen molar-refractivity contribution in [3.8, 4) is 0 Å². The topological polar surface area (TPSA) is 9.23 Å². The molecule has 0 N–H and O–H groups in total. The summed E-state index contributed by atoms with van der Waals surface area (Å²) in [7, 11) is 0. The van der Waals surface area contributed by atoms with Crippen molar-refractivity contribution >= 4 is 0 Å². The Kier molecular flexibility index (Phi) is 6.78. The first-order valence-electron chi connectivity index (χ1n) is 14.0. The van der Waals surface area contributed by atoms with Gasteiger partial charge in [-0.1, -0.05) is 65.5 Å². The molecule has 4 aliphatic rings. The van der Waals surface area contributed by atoms with Crippen molar-refractivity contribution in [2.45, 2.75) is 125 Å². The average Bonchev–Trinajstić information content (AvgIpc) is 3.06. The minimum absolute atomic E-state index is 0.0833. The fraction of sp³-hybridized carbons (Fsp3) is 0.933. The van der Waals surface area contributed by atoms with E-state index >= 15 is 0 Å². The van der Waals surface area contributed by atoms with Gasteiger partial charge in [0.1, 0.15) is 0 Å². The molecule has 0 spiro atoms. The molecule has 0 heterocycles. The van der Waals surface area contributed by atoms with Crippen LogP contribution in [0.1, 0.15) is 119 Å². The van der Waals surface area contributed by atoms with E-state index < -0.39 is 0 Å². The van der Waals surface area contributed by atoms with Gasteiger partial charge in [-0.25, -0.2) is 0 Å². The van der Waals surface area contributed by atoms with Crippen molar-refractivity contribution in [1.29, 1.82) is 0 Å². The van der Waals surface area contributed by atoms with Crippen LogP contribution in [-0.2, 0) is 4.74 Å². The van der Waals surface area contributed by atoms with E-state index in [1.807, 2.05) is 0 Å². The van der Waals surface area contributed by atoms with Crippen molar-refractivity contribution in [2.75, 3.05) is 6.61 Å². The molecule has 0 aromatic carbocycles. The highest BCUT2D eigenvalue weighted by molar-refractivity contribution is 5.27. The predicted molar refractivity (Wildman–Crippen MR) is 133 cm³/mol. The van der Waals surface area contributed by atoms with Crippen LogP contribution in [0.15, 0.2) is 11.6 Å². The van der Waals surface area contributed by atoms with E-state index in [-0.39, 0.29) is 5.60 Å². The predicted octanol–water partition coefficient (Wildman–Crippen LogP) is 8.82. The Morgan fingerprint density at radius 1 is 0.968 bits per heavy atom. The number of ether oxygens (including phenoxy) is 1. The lowest BCUT2D eigenvalue weighted by Crippen LogP contribution is -2.52. The Morgan fingerprint density at radius 2 is 1.74 bits per heavy atom. The third kappa shape index (κ3) is 4.20. The maximum atomic E-state index is 6.23. The van der Waals surface area contributed by atoms with E-state index in [9.17, 15) is 0 Å². The maximum Gasteiger partial charge on any atom is 0.0691 e. The van der Waals surface area contributed by atoms with Crippen LogP contribution in [0, 0.1) is 46.3 Å². The zero-order valence-corrected chi connectivity index (χ0v) is 21.9. The Morgan fingerprint density at radius 3 is 2.45 bits per heavy atom. The second-order valence-electron chi connectivity index (χ2n) is 13.3. The van der Waals surface area contributed by atoms with Crippen LogP contribution in [-0.4, -0.2) is 12.2 Å². The number of rotatable bonds is 7. The minimum Gasteiger partial charge on any atom is -0.375 e. The average molecular weight is 429 g/mol. The van der Waals surface area contributed by atoms with Crippen LogP contribution < -0.4 is 0 Å². The lowest BCUT2D eigenvalue weighted by Gasteiger charge is -2.59. The maximum absolute atomic E-state index is 6.23. The van der Waals surface area contributed by atoms with E-state index in [1.54, 1.807) is 5.57 Å². The highest BCUT2D eigenvalue weighted by Crippen LogP contribution is 2.67. The molecule has 8 atom stereocenters. The van der Waals surface area contributed by atoms with Crippen molar-refractivity contribution in [1.82, 2.24) is 0 Å². The third-order valence-corrected chi connectivity index (χ3v) is 11.1. The minimum atomic E-state index is 0.0833. The van der Waals surface area contributed by atoms with Gasteiger partial charge in [0.25, 0.3) is 0 Å². The number of hydrogen-bond donors (Lipinski definition) is 0. The lowest BCUT2D eigenvalue weighted by atomic mass is 9.46. The number of fused-ring (bicyclic) bond motifs is 5. The molecular formula is C30H52O. The van der Waals surface area contributed by atoms with Gasteiger partial charge in [0.2, 0.25) is 0 Å². The van der Waals surface area contributed by atoms with E-state index in [0.717, 1.165) is 42.1 Å². The van der Waals surface area contributed by atoms with Gasteiger partial charge >= 0.3 is 0 Å². The zero-order chi connectivity index (χ0) is 22.4. The molecule has 1 nitrogen and oxygen atoms in total. The van der Waals surface area contributed by atoms with Gasteiger partial charge in [-0.05, 0) is 112 Å². The SMILES string of the molecule is CCO[C@@]1(C)CC[C@@]2(C)C(=CC[C@H]3[C@@H]4CC[C@H]([C@@H](C)CCCC(C)C)[C@@]4(C)CC[C@@H]32)C1. The molecule has 178 valence electrons. The van der Waals surface area contributed by atoms with Gasteiger partial charge in [-0.15, -0.1) is 0 Å². The van der Waals surface area contributed by atoms with Crippen LogP contribution in [0.5, 0.6) is 0 Å². The molecule has 0 radical (unpaired) electrons. The summed E-state index contributed by atoms with van der Waals surface area (Å²) in [5.74, 6) is 5.58. The number of hydrogen-bond acceptors (Lipinski definition) is 1. The van der Waals surface area contributed by atoms with Gasteiger partial charge in [0.05, 0.1) is 5.60 Å². The van der Waals surface area contributed by atoms with Crippen molar-refractivity contribution < 1.29 is 4.74 Å². The van der Waals surface area contributed by atoms with Gasteiger partial charge in [-0.3, -0.25) is 0 Å². The summed E-state index contributed by atoms with van der Waals surface area (Å²) in [5.41, 5.74) is 2.90. The fourth-order valence-corrected chi connectivity index (χ4v) is 9.29. The van der Waals surface area contributed by atoms with E-state index in [2.05, 4.69) is 54.5 Å². The van der Waals surface area contributed by atoms with Gasteiger partial charge in [0.15, 0.2) is 0 Å². The Balaban J connectivity index is 1.49. The molecule has 0 unspecified atom stereocenters. The van der Waals surface area contributed by atoms with Gasteiger partial charge in [-0.2, -0.15) is 0 Å². The molecule has 4 aliphatic carbocycles. The first kappa shape index (κ1) is 23.8. The fourth-order valence-electron chi connectivity index (χ4n) is 9.29. The second-order valence-corrected chi connectivity index (χ2v) is 13.3. The Bertz CT molecular complexity index is 663. The largest absolute Gasteiger partial charge is 0.375 e. The molecular weight excluding hydrogens is 376 g/mol. The highest BCUT2D eigenvalue weighted by Gasteiger charge is 2.59. The summed E-state index contributed by atoms with van der Waals surface area (Å²) in [6.07, 6.45) is 18.1. The molecule has 0 saturated heterocycles. The molecule has 0 aromatic rings. The molecule has 0 bridgehead atoms. The summed E-state index contributed by atoms with van der Waals surface area (Å²) in [5, 5.41) is 0. The van der Waals surface area contributed by atoms with E-state index in [1.165, 1.54) is 70.6 Å². The van der Waals surface area contributed by atoms with E-state index in [0.29, 0.717) is 10.8 Å². The Labute approximate surface area is 194 Å². The summed E-state index contributed by atoms with van der Waals surface area (Å²) >= 11 is 0. The highest BCUT2D eigenvalue weighted by atomic mass is 16.5. The molecule has 0 aliphatic heterocycles. The molecule has 1 heteroatoms. The van der Waals surface area contributed by atoms with Crippen LogP contribution in [0.2, 0.25) is 0 Å². The van der Waals surface area contributed by atoms with Crippen molar-refractivity contribution in [2.24, 2.45) is 46.3 Å². The first-order valence-corrected chi connectivity index (χ1v) is 14.0. The van der Waals surface area contributed by atoms with Crippen molar-refractivity contribution in [3.05, 3.63) is 11.6 Å². The smallest absolute Gasteiger partial charge is 0.0691 e. The van der Waals surface area contributed by atoms with Gasteiger partial charge in [0, 0.05) is 6.61 Å². The van der Waals surface area contributed by atoms with Crippen LogP contribution >= 0.6 is 0 Å². The summed E-state index contributed by atoms with van der Waals surface area (Å²) < 4.78 is 6.23. The molecule has 31 heavy (non-hydrogen) atoms. The van der Waals surface area contributed by atoms with E-state index in [4.69, 9.17) is 4.74 Å². The summed E-state index contributed by atoms with van der Waals surface area (Å²) in [4.78, 5) is 0. The monoisotopic (exact) mass is 428 g/mol. The molecule has 0 aromatic heterocycles. The third-order valence-electron chi connectivity index (χ3n) is 11.1. The molecule has 0 amide bonds. The molecule has 4 rings (SSSR count).